The van der Waals surface area contributed by atoms with Crippen molar-refractivity contribution in [1.82, 2.24) is 39.4 Å². The smallest absolute Gasteiger partial charge is 0.260 e. The summed E-state index contributed by atoms with van der Waals surface area (Å²) in [6, 6.07) is 15.9. The lowest BCUT2D eigenvalue weighted by Gasteiger charge is -2.06. The minimum absolute atomic E-state index is 0.124. The molecule has 6 rings (SSSR count). The van der Waals surface area contributed by atoms with Gasteiger partial charge in [-0.2, -0.15) is 0 Å². The first-order chi connectivity index (χ1) is 22.9. The second-order valence-corrected chi connectivity index (χ2v) is 10.9. The van der Waals surface area contributed by atoms with Crippen LogP contribution in [-0.4, -0.2) is 60.9 Å². The predicted molar refractivity (Wildman–Crippen MR) is 185 cm³/mol. The molecular weight excluding hydrogens is 596 g/mol. The van der Waals surface area contributed by atoms with Gasteiger partial charge in [0.2, 0.25) is 11.6 Å². The van der Waals surface area contributed by atoms with Gasteiger partial charge < -0.3 is 27.8 Å². The molecule has 4 heterocycles. The summed E-state index contributed by atoms with van der Waals surface area (Å²) in [5.41, 5.74) is 21.1. The molecule has 244 valence electrons. The zero-order valence-corrected chi connectivity index (χ0v) is 26.0. The number of nitrogens with one attached hydrogen (secondary N) is 4. The number of nitrogens with zero attached hydrogens (tertiary/aromatic N) is 5. The van der Waals surface area contributed by atoms with Crippen LogP contribution in [0, 0.1) is 0 Å². The van der Waals surface area contributed by atoms with Gasteiger partial charge in [0.1, 0.15) is 0 Å². The Balaban J connectivity index is 0.000000186. The van der Waals surface area contributed by atoms with Crippen molar-refractivity contribution < 1.29 is 0 Å². The van der Waals surface area contributed by atoms with Crippen LogP contribution >= 0.6 is 0 Å². The van der Waals surface area contributed by atoms with Crippen molar-refractivity contribution in [2.75, 3.05) is 26.2 Å². The van der Waals surface area contributed by atoms with E-state index in [1.165, 1.54) is 5.56 Å². The fourth-order valence-electron chi connectivity index (χ4n) is 4.88. The van der Waals surface area contributed by atoms with E-state index in [4.69, 9.17) is 17.2 Å². The third-order valence-electron chi connectivity index (χ3n) is 7.37. The summed E-state index contributed by atoms with van der Waals surface area (Å²) in [6.45, 7) is 4.61. The summed E-state index contributed by atoms with van der Waals surface area (Å²) in [6.07, 6.45) is 12.4. The number of aromatic nitrogens is 6. The number of aliphatic imine (C=N–C) groups is 1. The van der Waals surface area contributed by atoms with Crippen LogP contribution in [-0.2, 0) is 13.1 Å². The second-order valence-electron chi connectivity index (χ2n) is 10.9. The summed E-state index contributed by atoms with van der Waals surface area (Å²) in [5, 5.41) is 6.67. The Hall–Kier alpha value is -5.57. The maximum atomic E-state index is 12.2. The first-order valence-electron chi connectivity index (χ1n) is 15.4. The number of imidazole rings is 2. The van der Waals surface area contributed by atoms with Gasteiger partial charge in [0, 0.05) is 56.8 Å². The van der Waals surface area contributed by atoms with Crippen LogP contribution in [0.3, 0.4) is 0 Å². The molecular formula is C33H40N12O2. The van der Waals surface area contributed by atoms with E-state index in [1.54, 1.807) is 39.8 Å². The number of hydrogen-bond acceptors (Lipinski definition) is 8. The summed E-state index contributed by atoms with van der Waals surface area (Å²) < 4.78 is 3.60. The van der Waals surface area contributed by atoms with Gasteiger partial charge in [-0.25, -0.2) is 9.97 Å². The molecule has 0 aliphatic heterocycles. The molecule has 0 spiro atoms. The van der Waals surface area contributed by atoms with Crippen LogP contribution in [0.15, 0.2) is 100 Å². The first kappa shape index (κ1) is 32.8. The average Bonchev–Trinajstić information content (AvgIpc) is 3.73. The number of hydrogen-bond donors (Lipinski definition) is 7. The molecule has 2 aromatic carbocycles. The molecule has 0 unspecified atom stereocenters. The number of nitrogens with two attached hydrogens (primary N) is 3. The van der Waals surface area contributed by atoms with E-state index < -0.39 is 0 Å². The standard InChI is InChI=1S/C17H21N7O.C16H19N5O/c18-16(19)21-7-1-6-20-10-12-2-4-13(5-3-12)14-11-24-9-8-22-17(24)23-15(14)25;17-6-1-7-18-10-12-2-4-13(5-3-12)14-11-21-9-8-19-16(21)20-15(14)22/h2-5,8-9,11,20H,1,6-7,10H2,(H4,18,19,21)(H,22,23,25);2-5,8-9,11,18H,1,6-7,10,17H2,(H,19,20,22). The molecule has 0 bridgehead atoms. The van der Waals surface area contributed by atoms with Gasteiger partial charge in [0.25, 0.3) is 11.1 Å². The third-order valence-corrected chi connectivity index (χ3v) is 7.37. The summed E-state index contributed by atoms with van der Waals surface area (Å²) in [4.78, 5) is 41.9. The number of benzene rings is 2. The molecule has 0 saturated carbocycles. The van der Waals surface area contributed by atoms with Gasteiger partial charge in [-0.3, -0.25) is 33.4 Å². The molecule has 0 aliphatic rings. The van der Waals surface area contributed by atoms with E-state index >= 15 is 0 Å². The SMILES string of the molecule is NC(N)=NCCCNCc1ccc(-c2cn3ccnc3[nH]c2=O)cc1.NCCCNCc1ccc(-c2cn3ccnc3[nH]c2=O)cc1. The Morgan fingerprint density at radius 1 is 0.723 bits per heavy atom. The molecule has 14 heteroatoms. The Morgan fingerprint density at radius 2 is 1.19 bits per heavy atom. The molecule has 47 heavy (non-hydrogen) atoms. The minimum atomic E-state index is -0.149. The normalized spacial score (nSPS) is 11.0. The van der Waals surface area contributed by atoms with Gasteiger partial charge >= 0.3 is 0 Å². The maximum absolute atomic E-state index is 12.2. The van der Waals surface area contributed by atoms with Crippen LogP contribution in [0.2, 0.25) is 0 Å². The largest absolute Gasteiger partial charge is 0.370 e. The highest BCUT2D eigenvalue weighted by molar-refractivity contribution is 5.75. The first-order valence-corrected chi connectivity index (χ1v) is 15.4. The van der Waals surface area contributed by atoms with E-state index in [0.29, 0.717) is 35.8 Å². The number of aromatic amines is 2. The van der Waals surface area contributed by atoms with E-state index in [9.17, 15) is 9.59 Å². The van der Waals surface area contributed by atoms with Crippen LogP contribution in [0.5, 0.6) is 0 Å². The lowest BCUT2D eigenvalue weighted by atomic mass is 10.1. The quantitative estimate of drug-likeness (QED) is 0.0556. The molecule has 0 amide bonds. The summed E-state index contributed by atoms with van der Waals surface area (Å²) >= 11 is 0. The highest BCUT2D eigenvalue weighted by Gasteiger charge is 2.07. The van der Waals surface area contributed by atoms with Gasteiger partial charge in [-0.1, -0.05) is 48.5 Å². The van der Waals surface area contributed by atoms with E-state index in [-0.39, 0.29) is 17.1 Å². The number of H-pyrrole nitrogens is 2. The van der Waals surface area contributed by atoms with Crippen LogP contribution in [0.4, 0.5) is 0 Å². The Kier molecular flexibility index (Phi) is 11.3. The molecule has 0 radical (unpaired) electrons. The average molecular weight is 637 g/mol. The van der Waals surface area contributed by atoms with E-state index in [2.05, 4.69) is 35.6 Å². The fourth-order valence-corrected chi connectivity index (χ4v) is 4.88. The lowest BCUT2D eigenvalue weighted by Crippen LogP contribution is -2.23. The maximum Gasteiger partial charge on any atom is 0.260 e. The topological polar surface area (TPSA) is 215 Å². The van der Waals surface area contributed by atoms with Crippen molar-refractivity contribution >= 4 is 17.5 Å². The number of rotatable bonds is 13. The zero-order valence-electron chi connectivity index (χ0n) is 26.0. The fraction of sp³-hybridized carbons (Fsp3) is 0.242. The molecule has 6 aromatic rings. The van der Waals surface area contributed by atoms with Gasteiger partial charge in [0.05, 0.1) is 11.1 Å². The Labute approximate surface area is 270 Å². The van der Waals surface area contributed by atoms with Crippen molar-refractivity contribution in [2.45, 2.75) is 25.9 Å². The number of fused-ring (bicyclic) bond motifs is 2. The number of guanidine groups is 1. The molecule has 0 saturated heterocycles. The van der Waals surface area contributed by atoms with Crippen molar-refractivity contribution in [3.8, 4) is 22.3 Å². The van der Waals surface area contributed by atoms with Crippen LogP contribution < -0.4 is 39.0 Å². The molecule has 10 N–H and O–H groups in total. The van der Waals surface area contributed by atoms with Crippen LogP contribution in [0.25, 0.3) is 33.8 Å². The van der Waals surface area contributed by atoms with Crippen molar-refractivity contribution in [3.63, 3.8) is 0 Å². The lowest BCUT2D eigenvalue weighted by molar-refractivity contribution is 0.655. The molecule has 14 nitrogen and oxygen atoms in total. The molecule has 0 fully saturated rings. The van der Waals surface area contributed by atoms with Crippen molar-refractivity contribution in [3.05, 3.63) is 118 Å². The van der Waals surface area contributed by atoms with Gasteiger partial charge in [-0.05, 0) is 54.7 Å². The van der Waals surface area contributed by atoms with Crippen LogP contribution in [0.1, 0.15) is 24.0 Å². The second kappa shape index (κ2) is 16.1. The highest BCUT2D eigenvalue weighted by atomic mass is 16.1. The summed E-state index contributed by atoms with van der Waals surface area (Å²) in [7, 11) is 0. The Bertz CT molecular complexity index is 2020. The highest BCUT2D eigenvalue weighted by Crippen LogP contribution is 2.17. The van der Waals surface area contributed by atoms with Gasteiger partial charge in [-0.15, -0.1) is 0 Å². The zero-order chi connectivity index (χ0) is 33.0. The minimum Gasteiger partial charge on any atom is -0.370 e. The molecule has 0 aliphatic carbocycles. The summed E-state index contributed by atoms with van der Waals surface area (Å²) in [5.74, 6) is 1.21. The third kappa shape index (κ3) is 9.00. The molecule has 4 aromatic heterocycles. The van der Waals surface area contributed by atoms with E-state index in [1.807, 2.05) is 54.7 Å². The van der Waals surface area contributed by atoms with Gasteiger partial charge in [0.15, 0.2) is 5.96 Å². The Morgan fingerprint density at radius 3 is 1.64 bits per heavy atom. The van der Waals surface area contributed by atoms with E-state index in [0.717, 1.165) is 55.7 Å². The van der Waals surface area contributed by atoms with Crippen molar-refractivity contribution in [2.24, 2.45) is 22.2 Å². The predicted octanol–water partition coefficient (Wildman–Crippen LogP) is 1.57. The monoisotopic (exact) mass is 636 g/mol. The molecule has 0 atom stereocenters. The van der Waals surface area contributed by atoms with Crippen molar-refractivity contribution in [1.29, 1.82) is 0 Å².